The van der Waals surface area contributed by atoms with Crippen molar-refractivity contribution >= 4 is 39.0 Å². The van der Waals surface area contributed by atoms with Crippen LogP contribution < -0.4 is 10.2 Å². The van der Waals surface area contributed by atoms with Gasteiger partial charge in [0.25, 0.3) is 0 Å². The molecule has 3 aliphatic heterocycles. The van der Waals surface area contributed by atoms with Crippen LogP contribution in [0.5, 0.6) is 0 Å². The number of fused-ring (bicyclic) bond motifs is 2. The highest BCUT2D eigenvalue weighted by atomic mass is 32.1. The number of anilines is 3. The minimum absolute atomic E-state index is 0.175. The van der Waals surface area contributed by atoms with Crippen LogP contribution in [0.25, 0.3) is 20.9 Å². The molecule has 1 N–H and O–H groups in total. The first-order chi connectivity index (χ1) is 15.1. The summed E-state index contributed by atoms with van der Waals surface area (Å²) < 4.78 is 15.5. The van der Waals surface area contributed by atoms with Gasteiger partial charge in [-0.2, -0.15) is 0 Å². The molecular weight excluding hydrogens is 413 g/mol. The summed E-state index contributed by atoms with van der Waals surface area (Å²) in [5.41, 5.74) is 2.73. The van der Waals surface area contributed by atoms with E-state index in [2.05, 4.69) is 37.1 Å². The van der Waals surface area contributed by atoms with Crippen molar-refractivity contribution in [2.45, 2.75) is 25.6 Å². The molecule has 7 nitrogen and oxygen atoms in total. The summed E-state index contributed by atoms with van der Waals surface area (Å²) in [5, 5.41) is 3.88. The summed E-state index contributed by atoms with van der Waals surface area (Å²) in [6.45, 7) is 3.04. The number of rotatable bonds is 4. The zero-order valence-electron chi connectivity index (χ0n) is 17.1. The van der Waals surface area contributed by atoms with Crippen LogP contribution in [0.2, 0.25) is 0 Å². The van der Waals surface area contributed by atoms with Crippen molar-refractivity contribution in [3.05, 3.63) is 54.1 Å². The standard InChI is InChI=1S/C22H20FN7S/c1-12-4-3-7-24-20(12)22-26-15-9-17(25-10-16(15)31-22)27-21-14(23)5-6-18(28-21)30-13-8-19(30)29(2)11-13/h3-7,9-10,13,19H,8,11H2,1-2H3,(H,25,27,28)/t13-,19+/m0/s1. The Morgan fingerprint density at radius 3 is 2.87 bits per heavy atom. The molecule has 3 saturated heterocycles. The zero-order chi connectivity index (χ0) is 21.1. The summed E-state index contributed by atoms with van der Waals surface area (Å²) in [4.78, 5) is 22.7. The first kappa shape index (κ1) is 18.6. The first-order valence-corrected chi connectivity index (χ1v) is 11.0. The molecule has 7 heterocycles. The van der Waals surface area contributed by atoms with Crippen molar-refractivity contribution in [1.82, 2.24) is 24.8 Å². The van der Waals surface area contributed by atoms with E-state index in [0.717, 1.165) is 45.3 Å². The highest BCUT2D eigenvalue weighted by Crippen LogP contribution is 2.40. The number of halogens is 1. The number of likely N-dealkylation sites (N-methyl/N-ethyl adjacent to an activating group) is 1. The van der Waals surface area contributed by atoms with E-state index in [-0.39, 0.29) is 5.82 Å². The highest BCUT2D eigenvalue weighted by molar-refractivity contribution is 7.21. The summed E-state index contributed by atoms with van der Waals surface area (Å²) in [6.07, 6.45) is 5.01. The fourth-order valence-corrected chi connectivity index (χ4v) is 5.40. The second kappa shape index (κ2) is 6.93. The van der Waals surface area contributed by atoms with E-state index in [0.29, 0.717) is 18.0 Å². The summed E-state index contributed by atoms with van der Waals surface area (Å²) in [6, 6.07) is 9.42. The average molecular weight is 434 g/mol. The molecule has 3 aliphatic rings. The number of pyridine rings is 3. The lowest BCUT2D eigenvalue weighted by Crippen LogP contribution is -2.52. The van der Waals surface area contributed by atoms with Crippen LogP contribution in [0.1, 0.15) is 12.0 Å². The molecule has 2 bridgehead atoms. The second-order valence-electron chi connectivity index (χ2n) is 8.07. The Hall–Kier alpha value is -3.17. The maximum atomic E-state index is 14.5. The zero-order valence-corrected chi connectivity index (χ0v) is 17.9. The third kappa shape index (κ3) is 3.03. The fourth-order valence-electron chi connectivity index (χ4n) is 4.42. The topological polar surface area (TPSA) is 70.1 Å². The van der Waals surface area contributed by atoms with Gasteiger partial charge in [0.05, 0.1) is 16.4 Å². The summed E-state index contributed by atoms with van der Waals surface area (Å²) in [5.74, 6) is 1.07. The number of aromatic nitrogens is 4. The molecule has 0 aromatic carbocycles. The highest BCUT2D eigenvalue weighted by Gasteiger charge is 2.49. The van der Waals surface area contributed by atoms with Crippen molar-refractivity contribution in [2.75, 3.05) is 23.8 Å². The molecule has 0 aliphatic carbocycles. The first-order valence-electron chi connectivity index (χ1n) is 10.2. The number of nitrogens with zero attached hydrogens (tertiary/aromatic N) is 6. The van der Waals surface area contributed by atoms with E-state index in [9.17, 15) is 4.39 Å². The lowest BCUT2D eigenvalue weighted by molar-refractivity contribution is 0.303. The van der Waals surface area contributed by atoms with E-state index < -0.39 is 5.82 Å². The Labute approximate surface area is 182 Å². The van der Waals surface area contributed by atoms with Crippen LogP contribution in [0.15, 0.2) is 42.7 Å². The second-order valence-corrected chi connectivity index (χ2v) is 9.10. The van der Waals surface area contributed by atoms with Gasteiger partial charge in [-0.3, -0.25) is 9.88 Å². The van der Waals surface area contributed by atoms with E-state index in [1.807, 2.05) is 25.1 Å². The third-order valence-electron chi connectivity index (χ3n) is 6.03. The van der Waals surface area contributed by atoms with Crippen molar-refractivity contribution in [3.63, 3.8) is 0 Å². The van der Waals surface area contributed by atoms with Crippen LogP contribution in [0.4, 0.5) is 21.8 Å². The number of nitrogens with one attached hydrogen (secondary N) is 1. The fraction of sp³-hybridized carbons (Fsp3) is 0.273. The lowest BCUT2D eigenvalue weighted by atomic mass is 10.1. The lowest BCUT2D eigenvalue weighted by Gasteiger charge is -2.41. The van der Waals surface area contributed by atoms with E-state index in [1.165, 1.54) is 6.07 Å². The van der Waals surface area contributed by atoms with Crippen molar-refractivity contribution in [1.29, 1.82) is 0 Å². The molecule has 7 rings (SSSR count). The Morgan fingerprint density at radius 2 is 2.10 bits per heavy atom. The van der Waals surface area contributed by atoms with Crippen LogP contribution >= 0.6 is 11.3 Å². The monoisotopic (exact) mass is 433 g/mol. The Morgan fingerprint density at radius 1 is 1.19 bits per heavy atom. The smallest absolute Gasteiger partial charge is 0.170 e. The van der Waals surface area contributed by atoms with Crippen molar-refractivity contribution in [3.8, 4) is 10.7 Å². The Bertz CT molecular complexity index is 1310. The molecule has 156 valence electrons. The van der Waals surface area contributed by atoms with Crippen LogP contribution in [0, 0.1) is 12.7 Å². The van der Waals surface area contributed by atoms with E-state index in [1.54, 1.807) is 29.8 Å². The Kier molecular flexibility index (Phi) is 4.15. The van der Waals surface area contributed by atoms with Crippen LogP contribution in [-0.2, 0) is 0 Å². The molecule has 0 amide bonds. The molecule has 0 radical (unpaired) electrons. The molecule has 0 saturated carbocycles. The van der Waals surface area contributed by atoms with Gasteiger partial charge < -0.3 is 10.2 Å². The largest absolute Gasteiger partial charge is 0.336 e. The molecular formula is C22H20FN7S. The average Bonchev–Trinajstić information content (AvgIpc) is 3.42. The van der Waals surface area contributed by atoms with Gasteiger partial charge in [-0.05, 0) is 37.7 Å². The van der Waals surface area contributed by atoms with Crippen molar-refractivity contribution in [2.24, 2.45) is 0 Å². The molecule has 31 heavy (non-hydrogen) atoms. The van der Waals surface area contributed by atoms with Crippen LogP contribution in [-0.4, -0.2) is 50.6 Å². The van der Waals surface area contributed by atoms with Gasteiger partial charge in [0.1, 0.15) is 22.3 Å². The molecule has 0 unspecified atom stereocenters. The predicted octanol–water partition coefficient (Wildman–Crippen LogP) is 4.19. The van der Waals surface area contributed by atoms with Gasteiger partial charge in [0, 0.05) is 37.5 Å². The quantitative estimate of drug-likeness (QED) is 0.517. The molecule has 4 aromatic heterocycles. The van der Waals surface area contributed by atoms with Gasteiger partial charge >= 0.3 is 0 Å². The summed E-state index contributed by atoms with van der Waals surface area (Å²) in [7, 11) is 2.11. The molecule has 0 spiro atoms. The predicted molar refractivity (Wildman–Crippen MR) is 120 cm³/mol. The minimum atomic E-state index is -0.407. The number of hydrogen-bond acceptors (Lipinski definition) is 8. The molecule has 3 fully saturated rings. The van der Waals surface area contributed by atoms with Gasteiger partial charge in [0.2, 0.25) is 0 Å². The molecule has 2 atom stereocenters. The maximum absolute atomic E-state index is 14.5. The van der Waals surface area contributed by atoms with Gasteiger partial charge in [-0.1, -0.05) is 6.07 Å². The van der Waals surface area contributed by atoms with Crippen LogP contribution in [0.3, 0.4) is 0 Å². The van der Waals surface area contributed by atoms with Gasteiger partial charge in [0.15, 0.2) is 11.6 Å². The SMILES string of the molecule is Cc1cccnc1-c1nc2cc(Nc3nc(N4[C@H]5C[C@@H]4N(C)C5)ccc3F)ncc2s1. The molecule has 9 heteroatoms. The van der Waals surface area contributed by atoms with Gasteiger partial charge in [-0.25, -0.2) is 19.3 Å². The van der Waals surface area contributed by atoms with E-state index in [4.69, 9.17) is 4.98 Å². The summed E-state index contributed by atoms with van der Waals surface area (Å²) >= 11 is 1.54. The number of aryl methyl sites for hydroxylation is 1. The van der Waals surface area contributed by atoms with E-state index >= 15 is 0 Å². The normalized spacial score (nSPS) is 20.3. The maximum Gasteiger partial charge on any atom is 0.170 e. The minimum Gasteiger partial charge on any atom is -0.336 e. The van der Waals surface area contributed by atoms with Crippen molar-refractivity contribution < 1.29 is 4.39 Å². The molecule has 4 aromatic rings. The van der Waals surface area contributed by atoms with Gasteiger partial charge in [-0.15, -0.1) is 11.3 Å². The number of hydrogen-bond donors (Lipinski definition) is 1. The Balaban J connectivity index is 1.30. The third-order valence-corrected chi connectivity index (χ3v) is 7.05. The number of thiazole rings is 1.